The molecule has 0 spiro atoms. The zero-order chi connectivity index (χ0) is 18.6. The maximum absolute atomic E-state index is 13.6. The molecule has 6 heteroatoms. The van der Waals surface area contributed by atoms with Crippen LogP contribution in [0.4, 0.5) is 0 Å². The lowest BCUT2D eigenvalue weighted by Crippen LogP contribution is -2.46. The van der Waals surface area contributed by atoms with Crippen LogP contribution in [-0.2, 0) is 24.9 Å². The summed E-state index contributed by atoms with van der Waals surface area (Å²) in [7, 11) is -3.43. The van der Waals surface area contributed by atoms with Crippen molar-refractivity contribution in [3.05, 3.63) is 48.6 Å². The number of fused-ring (bicyclic) bond motifs is 1. The Hall–Kier alpha value is -0.970. The zero-order valence-electron chi connectivity index (χ0n) is 15.8. The predicted octanol–water partition coefficient (Wildman–Crippen LogP) is 4.94. The number of hydrogen-bond donors (Lipinski definition) is 0. The van der Waals surface area contributed by atoms with Gasteiger partial charge >= 0.3 is 7.60 Å². The highest BCUT2D eigenvalue weighted by Crippen LogP contribution is 2.61. The first-order chi connectivity index (χ1) is 12.6. The average molecular weight is 379 g/mol. The van der Waals surface area contributed by atoms with Gasteiger partial charge in [-0.25, -0.2) is 0 Å². The smallest absolute Gasteiger partial charge is 0.339 e. The first-order valence-corrected chi connectivity index (χ1v) is 11.2. The van der Waals surface area contributed by atoms with E-state index in [0.717, 1.165) is 31.2 Å². The Morgan fingerprint density at radius 1 is 1.27 bits per heavy atom. The summed E-state index contributed by atoms with van der Waals surface area (Å²) < 4.78 is 31.3. The van der Waals surface area contributed by atoms with Crippen molar-refractivity contribution >= 4 is 7.60 Å². The number of rotatable bonds is 8. The van der Waals surface area contributed by atoms with Crippen LogP contribution in [0.25, 0.3) is 0 Å². The standard InChI is InChI=1S/C20H30NO4P/c1-4-20-15-11-10-14-18(20)21(16-17-12-8-7-9-13-17)19(25-20)26(22,23-5-2)24-6-3/h4,7-9,12-13,18-19H,1,5-6,10-11,14-16H2,2-3H3/t18-,19-,20+/m0/s1. The van der Waals surface area contributed by atoms with E-state index >= 15 is 0 Å². The average Bonchev–Trinajstić information content (AvgIpc) is 2.99. The fourth-order valence-electron chi connectivity index (χ4n) is 4.19. The largest absolute Gasteiger partial charge is 0.374 e. The Kier molecular flexibility index (Phi) is 6.37. The molecule has 1 saturated heterocycles. The molecule has 1 aromatic rings. The summed E-state index contributed by atoms with van der Waals surface area (Å²) in [5, 5.41) is 0. The first-order valence-electron chi connectivity index (χ1n) is 9.58. The zero-order valence-corrected chi connectivity index (χ0v) is 16.7. The maximum atomic E-state index is 13.6. The van der Waals surface area contributed by atoms with Gasteiger partial charge < -0.3 is 13.8 Å². The Balaban J connectivity index is 1.98. The van der Waals surface area contributed by atoms with E-state index in [0.29, 0.717) is 19.8 Å². The van der Waals surface area contributed by atoms with Gasteiger partial charge in [0.2, 0.25) is 5.97 Å². The molecular weight excluding hydrogens is 349 g/mol. The molecule has 5 nitrogen and oxygen atoms in total. The lowest BCUT2D eigenvalue weighted by molar-refractivity contribution is -0.0196. The molecular formula is C20H30NO4P. The fourth-order valence-corrected chi connectivity index (χ4v) is 6.17. The summed E-state index contributed by atoms with van der Waals surface area (Å²) in [5.41, 5.74) is 0.674. The number of hydrogen-bond acceptors (Lipinski definition) is 5. The monoisotopic (exact) mass is 379 g/mol. The molecule has 2 aliphatic rings. The van der Waals surface area contributed by atoms with Crippen molar-refractivity contribution in [1.82, 2.24) is 4.90 Å². The molecule has 1 heterocycles. The van der Waals surface area contributed by atoms with Crippen LogP contribution >= 0.6 is 7.60 Å². The van der Waals surface area contributed by atoms with E-state index < -0.39 is 19.2 Å². The van der Waals surface area contributed by atoms with E-state index in [-0.39, 0.29) is 6.04 Å². The number of benzene rings is 1. The second kappa shape index (κ2) is 8.37. The molecule has 3 rings (SSSR count). The third-order valence-electron chi connectivity index (χ3n) is 5.31. The van der Waals surface area contributed by atoms with Crippen molar-refractivity contribution in [2.75, 3.05) is 13.2 Å². The molecule has 0 aromatic heterocycles. The fraction of sp³-hybridized carbons (Fsp3) is 0.600. The molecule has 1 aliphatic carbocycles. The van der Waals surface area contributed by atoms with Gasteiger partial charge in [-0.1, -0.05) is 49.2 Å². The quantitative estimate of drug-likeness (QED) is 0.473. The van der Waals surface area contributed by atoms with Crippen molar-refractivity contribution < 1.29 is 18.3 Å². The second-order valence-electron chi connectivity index (χ2n) is 6.90. The maximum Gasteiger partial charge on any atom is 0.374 e. The van der Waals surface area contributed by atoms with Crippen LogP contribution in [0.1, 0.15) is 45.1 Å². The first kappa shape index (κ1) is 19.8. The third-order valence-corrected chi connectivity index (χ3v) is 7.49. The molecule has 2 fully saturated rings. The Bertz CT molecular complexity index is 642. The molecule has 144 valence electrons. The lowest BCUT2D eigenvalue weighted by atomic mass is 9.80. The highest BCUT2D eigenvalue weighted by molar-refractivity contribution is 7.54. The molecule has 1 aliphatic heterocycles. The summed E-state index contributed by atoms with van der Waals surface area (Å²) in [4.78, 5) is 2.18. The Morgan fingerprint density at radius 2 is 1.96 bits per heavy atom. The van der Waals surface area contributed by atoms with Crippen molar-refractivity contribution in [3.8, 4) is 0 Å². The van der Waals surface area contributed by atoms with Gasteiger partial charge in [-0.2, -0.15) is 0 Å². The molecule has 1 saturated carbocycles. The predicted molar refractivity (Wildman–Crippen MR) is 103 cm³/mol. The van der Waals surface area contributed by atoms with Gasteiger partial charge in [0.15, 0.2) is 0 Å². The van der Waals surface area contributed by atoms with Crippen LogP contribution in [-0.4, -0.2) is 35.7 Å². The SMILES string of the molecule is C=C[C@@]12CCCC[C@@H]1N(Cc1ccccc1)[C@H](P(=O)(OCC)OCC)O2. The molecule has 0 bridgehead atoms. The Morgan fingerprint density at radius 3 is 2.58 bits per heavy atom. The van der Waals surface area contributed by atoms with Gasteiger partial charge in [-0.15, -0.1) is 6.58 Å². The molecule has 0 radical (unpaired) electrons. The van der Waals surface area contributed by atoms with Crippen molar-refractivity contribution in [2.45, 2.75) is 63.7 Å². The van der Waals surface area contributed by atoms with Crippen LogP contribution in [0.2, 0.25) is 0 Å². The topological polar surface area (TPSA) is 48.0 Å². The van der Waals surface area contributed by atoms with E-state index in [1.165, 1.54) is 0 Å². The lowest BCUT2D eigenvalue weighted by Gasteiger charge is -2.37. The van der Waals surface area contributed by atoms with Crippen LogP contribution in [0.5, 0.6) is 0 Å². The minimum absolute atomic E-state index is 0.133. The van der Waals surface area contributed by atoms with Gasteiger partial charge in [0.05, 0.1) is 13.2 Å². The molecule has 0 unspecified atom stereocenters. The number of ether oxygens (including phenoxy) is 1. The molecule has 0 N–H and O–H groups in total. The highest BCUT2D eigenvalue weighted by atomic mass is 31.2. The van der Waals surface area contributed by atoms with Crippen molar-refractivity contribution in [3.63, 3.8) is 0 Å². The summed E-state index contributed by atoms with van der Waals surface area (Å²) >= 11 is 0. The summed E-state index contributed by atoms with van der Waals surface area (Å²) in [6.07, 6.45) is 6.00. The summed E-state index contributed by atoms with van der Waals surface area (Å²) in [6.45, 7) is 9.00. The van der Waals surface area contributed by atoms with Crippen molar-refractivity contribution in [2.24, 2.45) is 0 Å². The van der Waals surface area contributed by atoms with Gasteiger partial charge in [-0.3, -0.25) is 9.46 Å². The van der Waals surface area contributed by atoms with Gasteiger partial charge in [0, 0.05) is 12.6 Å². The van der Waals surface area contributed by atoms with Crippen LogP contribution in [0.3, 0.4) is 0 Å². The highest BCUT2D eigenvalue weighted by Gasteiger charge is 2.58. The van der Waals surface area contributed by atoms with Gasteiger partial charge in [-0.05, 0) is 32.3 Å². The van der Waals surface area contributed by atoms with E-state index in [2.05, 4.69) is 23.6 Å². The van der Waals surface area contributed by atoms with E-state index in [1.54, 1.807) is 0 Å². The molecule has 1 aromatic carbocycles. The van der Waals surface area contributed by atoms with Crippen LogP contribution in [0.15, 0.2) is 43.0 Å². The molecule has 26 heavy (non-hydrogen) atoms. The normalized spacial score (nSPS) is 29.5. The minimum atomic E-state index is -3.43. The van der Waals surface area contributed by atoms with Crippen molar-refractivity contribution in [1.29, 1.82) is 0 Å². The second-order valence-corrected chi connectivity index (χ2v) is 8.94. The van der Waals surface area contributed by atoms with Crippen LogP contribution < -0.4 is 0 Å². The molecule has 0 amide bonds. The Labute approximate surface area is 156 Å². The summed E-state index contributed by atoms with van der Waals surface area (Å²) in [5.74, 6) is -0.705. The van der Waals surface area contributed by atoms with Gasteiger partial charge in [0.1, 0.15) is 5.60 Å². The van der Waals surface area contributed by atoms with Gasteiger partial charge in [0.25, 0.3) is 0 Å². The third kappa shape index (κ3) is 3.69. The van der Waals surface area contributed by atoms with Crippen LogP contribution in [0, 0.1) is 0 Å². The van der Waals surface area contributed by atoms with E-state index in [1.807, 2.05) is 38.1 Å². The summed E-state index contributed by atoms with van der Waals surface area (Å²) in [6, 6.07) is 10.3. The van der Waals surface area contributed by atoms with E-state index in [9.17, 15) is 4.57 Å². The van der Waals surface area contributed by atoms with E-state index in [4.69, 9.17) is 13.8 Å². The minimum Gasteiger partial charge on any atom is -0.339 e. The molecule has 3 atom stereocenters. The number of nitrogens with zero attached hydrogens (tertiary/aromatic N) is 1.